The van der Waals surface area contributed by atoms with Crippen molar-refractivity contribution in [3.05, 3.63) is 35.8 Å². The monoisotopic (exact) mass is 418 g/mol. The molecule has 0 aliphatic heterocycles. The lowest BCUT2D eigenvalue weighted by atomic mass is 9.89. The van der Waals surface area contributed by atoms with Crippen molar-refractivity contribution in [1.29, 1.82) is 0 Å². The van der Waals surface area contributed by atoms with Crippen LogP contribution >= 0.6 is 0 Å². The van der Waals surface area contributed by atoms with E-state index in [1.165, 1.54) is 35.7 Å². The third kappa shape index (κ3) is 5.67. The number of benzene rings is 1. The molecule has 1 amide bonds. The number of hydrogen-bond acceptors (Lipinski definition) is 4. The number of H-pyrrole nitrogens is 1. The Kier molecular flexibility index (Phi) is 6.93. The summed E-state index contributed by atoms with van der Waals surface area (Å²) < 4.78 is 19.0. The molecule has 1 atom stereocenters. The zero-order valence-electron chi connectivity index (χ0n) is 17.9. The number of nitrogens with one attached hydrogen (secondary N) is 1. The van der Waals surface area contributed by atoms with Gasteiger partial charge in [0.25, 0.3) is 11.7 Å². The average molecular weight is 419 g/mol. The molecule has 7 heteroatoms. The van der Waals surface area contributed by atoms with Gasteiger partial charge in [0.2, 0.25) is 0 Å². The summed E-state index contributed by atoms with van der Waals surface area (Å²) in [6.45, 7) is 5.79. The van der Waals surface area contributed by atoms with Crippen LogP contribution < -0.4 is 0 Å². The molecule has 1 saturated carbocycles. The van der Waals surface area contributed by atoms with Gasteiger partial charge in [-0.25, -0.2) is 4.39 Å². The first kappa shape index (κ1) is 22.4. The Morgan fingerprint density at radius 1 is 1.27 bits per heavy atom. The molecular weight excluding hydrogens is 387 g/mol. The van der Waals surface area contributed by atoms with Crippen LogP contribution in [0.1, 0.15) is 63.2 Å². The largest absolute Gasteiger partial charge is 0.366 e. The molecule has 1 aliphatic carbocycles. The molecule has 0 saturated heterocycles. The summed E-state index contributed by atoms with van der Waals surface area (Å²) in [4.78, 5) is 30.4. The van der Waals surface area contributed by atoms with Gasteiger partial charge in [0.1, 0.15) is 5.82 Å². The smallest absolute Gasteiger partial charge is 0.295 e. The molecule has 1 aliphatic rings. The van der Waals surface area contributed by atoms with Crippen LogP contribution in [0.4, 0.5) is 4.39 Å². The zero-order valence-corrected chi connectivity index (χ0v) is 17.9. The second-order valence-corrected chi connectivity index (χ2v) is 9.12. The number of ether oxygens (including phenoxy) is 1. The molecule has 1 unspecified atom stereocenters. The first-order valence-corrected chi connectivity index (χ1v) is 10.6. The summed E-state index contributed by atoms with van der Waals surface area (Å²) >= 11 is 0. The highest BCUT2D eigenvalue weighted by atomic mass is 19.1. The number of nitrogens with zero attached hydrogens (tertiary/aromatic N) is 1. The number of aromatic amines is 1. The average Bonchev–Trinajstić information content (AvgIpc) is 3.08. The Morgan fingerprint density at radius 2 is 1.97 bits per heavy atom. The second kappa shape index (κ2) is 9.27. The van der Waals surface area contributed by atoms with Gasteiger partial charge >= 0.3 is 0 Å². The summed E-state index contributed by atoms with van der Waals surface area (Å²) in [6.07, 6.45) is 5.64. The summed E-state index contributed by atoms with van der Waals surface area (Å²) in [7, 11) is 0. The molecule has 1 heterocycles. The standard InChI is InChI=1S/C23H31FN2O4/c1-23(2,3)30-20(27)14-26(13-15-7-5-4-6-8-15)22(29)21(28)18-12-25-19-11-16(24)9-10-17(18)19/h9-12,15,20,25,27H,4-8,13-14H2,1-3H3. The molecule has 2 aromatic rings. The van der Waals surface area contributed by atoms with Gasteiger partial charge < -0.3 is 19.7 Å². The number of aromatic nitrogens is 1. The van der Waals surface area contributed by atoms with E-state index in [-0.39, 0.29) is 12.1 Å². The molecule has 6 nitrogen and oxygen atoms in total. The molecule has 3 rings (SSSR count). The maximum Gasteiger partial charge on any atom is 0.295 e. The zero-order chi connectivity index (χ0) is 21.9. The fourth-order valence-electron chi connectivity index (χ4n) is 4.10. The molecule has 30 heavy (non-hydrogen) atoms. The van der Waals surface area contributed by atoms with E-state index in [2.05, 4.69) is 4.98 Å². The van der Waals surface area contributed by atoms with Crippen LogP contribution in [0, 0.1) is 11.7 Å². The third-order valence-electron chi connectivity index (χ3n) is 5.44. The number of aliphatic hydroxyl groups is 1. The lowest BCUT2D eigenvalue weighted by Gasteiger charge is -2.32. The number of aliphatic hydroxyl groups excluding tert-OH is 1. The van der Waals surface area contributed by atoms with Crippen LogP contribution in [0.2, 0.25) is 0 Å². The fraction of sp³-hybridized carbons (Fsp3) is 0.565. The minimum absolute atomic E-state index is 0.0741. The van der Waals surface area contributed by atoms with Crippen molar-refractivity contribution >= 4 is 22.6 Å². The lowest BCUT2D eigenvalue weighted by molar-refractivity contribution is -0.177. The van der Waals surface area contributed by atoms with Gasteiger partial charge in [-0.2, -0.15) is 0 Å². The van der Waals surface area contributed by atoms with Crippen molar-refractivity contribution in [3.63, 3.8) is 0 Å². The fourth-order valence-corrected chi connectivity index (χ4v) is 4.10. The highest BCUT2D eigenvalue weighted by Gasteiger charge is 2.30. The highest BCUT2D eigenvalue weighted by molar-refractivity contribution is 6.44. The SMILES string of the molecule is CC(C)(C)OC(O)CN(CC1CCCCC1)C(=O)C(=O)c1c[nH]c2cc(F)ccc12. The predicted molar refractivity (Wildman–Crippen MR) is 113 cm³/mol. The molecular formula is C23H31FN2O4. The number of carbonyl (C=O) groups excluding carboxylic acids is 2. The van der Waals surface area contributed by atoms with Crippen molar-refractivity contribution in [3.8, 4) is 0 Å². The summed E-state index contributed by atoms with van der Waals surface area (Å²) in [6, 6.07) is 4.04. The number of rotatable bonds is 7. The number of ketones is 1. The van der Waals surface area contributed by atoms with Crippen LogP contribution in [-0.4, -0.2) is 51.7 Å². The molecule has 0 radical (unpaired) electrons. The van der Waals surface area contributed by atoms with Gasteiger partial charge in [0.05, 0.1) is 17.7 Å². The predicted octanol–water partition coefficient (Wildman–Crippen LogP) is 4.03. The number of Topliss-reactive ketones (excluding diaryl/α,β-unsaturated/α-hetero) is 1. The van der Waals surface area contributed by atoms with E-state index in [1.54, 1.807) is 0 Å². The summed E-state index contributed by atoms with van der Waals surface area (Å²) in [5, 5.41) is 10.9. The van der Waals surface area contributed by atoms with E-state index in [9.17, 15) is 19.1 Å². The number of halogens is 1. The molecule has 1 aromatic carbocycles. The topological polar surface area (TPSA) is 82.6 Å². The van der Waals surface area contributed by atoms with Crippen LogP contribution in [-0.2, 0) is 9.53 Å². The van der Waals surface area contributed by atoms with Crippen molar-refractivity contribution in [2.45, 2.75) is 64.8 Å². The van der Waals surface area contributed by atoms with Crippen LogP contribution in [0.15, 0.2) is 24.4 Å². The van der Waals surface area contributed by atoms with Crippen molar-refractivity contribution < 1.29 is 23.8 Å². The quantitative estimate of drug-likeness (QED) is 0.404. The minimum atomic E-state index is -1.19. The van der Waals surface area contributed by atoms with E-state index in [4.69, 9.17) is 4.74 Å². The summed E-state index contributed by atoms with van der Waals surface area (Å²) in [5.74, 6) is -1.47. The molecule has 2 N–H and O–H groups in total. The lowest BCUT2D eigenvalue weighted by Crippen LogP contribution is -2.46. The second-order valence-electron chi connectivity index (χ2n) is 9.12. The summed E-state index contributed by atoms with van der Waals surface area (Å²) in [5.41, 5.74) is 0.0835. The highest BCUT2D eigenvalue weighted by Crippen LogP contribution is 2.26. The number of amides is 1. The Labute approximate surface area is 176 Å². The van der Waals surface area contributed by atoms with E-state index in [1.807, 2.05) is 20.8 Å². The van der Waals surface area contributed by atoms with Crippen molar-refractivity contribution in [2.75, 3.05) is 13.1 Å². The number of fused-ring (bicyclic) bond motifs is 1. The van der Waals surface area contributed by atoms with Crippen molar-refractivity contribution in [1.82, 2.24) is 9.88 Å². The van der Waals surface area contributed by atoms with E-state index >= 15 is 0 Å². The number of carbonyl (C=O) groups is 2. The van der Waals surface area contributed by atoms with Gasteiger partial charge in [0, 0.05) is 23.6 Å². The number of hydrogen-bond donors (Lipinski definition) is 2. The first-order chi connectivity index (χ1) is 14.1. The Morgan fingerprint density at radius 3 is 2.63 bits per heavy atom. The Hall–Kier alpha value is -2.25. The molecule has 164 valence electrons. The van der Waals surface area contributed by atoms with E-state index in [0.717, 1.165) is 25.7 Å². The van der Waals surface area contributed by atoms with Gasteiger partial charge in [-0.05, 0) is 57.7 Å². The first-order valence-electron chi connectivity index (χ1n) is 10.6. The molecule has 1 aromatic heterocycles. The normalized spacial score (nSPS) is 16.6. The van der Waals surface area contributed by atoms with Gasteiger partial charge in [-0.3, -0.25) is 9.59 Å². The third-order valence-corrected chi connectivity index (χ3v) is 5.44. The van der Waals surface area contributed by atoms with E-state index < -0.39 is 29.4 Å². The Balaban J connectivity index is 1.80. The Bertz CT molecular complexity index is 896. The molecule has 1 fully saturated rings. The van der Waals surface area contributed by atoms with Gasteiger partial charge in [0.15, 0.2) is 6.29 Å². The van der Waals surface area contributed by atoms with E-state index in [0.29, 0.717) is 23.4 Å². The molecule has 0 bridgehead atoms. The maximum absolute atomic E-state index is 13.5. The van der Waals surface area contributed by atoms with Crippen LogP contribution in [0.5, 0.6) is 0 Å². The van der Waals surface area contributed by atoms with Gasteiger partial charge in [-0.15, -0.1) is 0 Å². The van der Waals surface area contributed by atoms with Crippen LogP contribution in [0.25, 0.3) is 10.9 Å². The van der Waals surface area contributed by atoms with Crippen molar-refractivity contribution in [2.24, 2.45) is 5.92 Å². The van der Waals surface area contributed by atoms with Gasteiger partial charge in [-0.1, -0.05) is 19.3 Å². The molecule has 0 spiro atoms. The minimum Gasteiger partial charge on any atom is -0.366 e. The maximum atomic E-state index is 13.5. The van der Waals surface area contributed by atoms with Crippen LogP contribution in [0.3, 0.4) is 0 Å².